The highest BCUT2D eigenvalue weighted by atomic mass is 35.5. The summed E-state index contributed by atoms with van der Waals surface area (Å²) in [6, 6.07) is 13.5. The summed E-state index contributed by atoms with van der Waals surface area (Å²) in [4.78, 5) is 9.10. The summed E-state index contributed by atoms with van der Waals surface area (Å²) in [7, 11) is 0. The van der Waals surface area contributed by atoms with E-state index in [1.165, 1.54) is 0 Å². The van der Waals surface area contributed by atoms with Gasteiger partial charge in [0.2, 0.25) is 0 Å². The fourth-order valence-electron chi connectivity index (χ4n) is 2.72. The lowest BCUT2D eigenvalue weighted by Crippen LogP contribution is -2.08. The van der Waals surface area contributed by atoms with Crippen LogP contribution >= 0.6 is 11.6 Å². The minimum Gasteiger partial charge on any atom is -0.402 e. The molecule has 24 heavy (non-hydrogen) atoms. The molecule has 0 saturated heterocycles. The van der Waals surface area contributed by atoms with E-state index < -0.39 is 0 Å². The summed E-state index contributed by atoms with van der Waals surface area (Å²) in [6.07, 6.45) is 6.07. The molecule has 0 aliphatic heterocycles. The molecule has 2 aromatic rings. The highest BCUT2D eigenvalue weighted by molar-refractivity contribution is 6.33. The molecule has 0 unspecified atom stereocenters. The van der Waals surface area contributed by atoms with Gasteiger partial charge in [0.1, 0.15) is 0 Å². The smallest absolute Gasteiger partial charge is 0.0896 e. The quantitative estimate of drug-likeness (QED) is 0.776. The van der Waals surface area contributed by atoms with Gasteiger partial charge < -0.3 is 5.73 Å². The van der Waals surface area contributed by atoms with Gasteiger partial charge in [-0.3, -0.25) is 4.99 Å². The van der Waals surface area contributed by atoms with Crippen LogP contribution in [-0.2, 0) is 0 Å². The Morgan fingerprint density at radius 2 is 1.88 bits per heavy atom. The number of rotatable bonds is 4. The molecule has 0 amide bonds. The van der Waals surface area contributed by atoms with Gasteiger partial charge in [0.05, 0.1) is 22.1 Å². The van der Waals surface area contributed by atoms with Gasteiger partial charge in [0, 0.05) is 17.5 Å². The molecule has 122 valence electrons. The van der Waals surface area contributed by atoms with Crippen LogP contribution in [0.2, 0.25) is 5.02 Å². The van der Waals surface area contributed by atoms with Crippen LogP contribution in [0.1, 0.15) is 31.4 Å². The lowest BCUT2D eigenvalue weighted by Gasteiger charge is -2.13. The van der Waals surface area contributed by atoms with Crippen LogP contribution in [0.25, 0.3) is 17.0 Å². The number of nitrogens with zero attached hydrogens (tertiary/aromatic N) is 2. The Balaban J connectivity index is 1.86. The van der Waals surface area contributed by atoms with Crippen molar-refractivity contribution in [1.29, 1.82) is 0 Å². The maximum atomic E-state index is 6.30. The van der Waals surface area contributed by atoms with Crippen LogP contribution in [0.5, 0.6) is 0 Å². The first kappa shape index (κ1) is 16.5. The SMILES string of the molecule is C=C(/N=C\C1=C(N)CCCC1)c1ccc(Cl)c(-c2ccccc2)n1. The van der Waals surface area contributed by atoms with E-state index in [0.717, 1.165) is 48.2 Å². The average Bonchev–Trinajstić information content (AvgIpc) is 2.62. The molecular weight excluding hydrogens is 318 g/mol. The highest BCUT2D eigenvalue weighted by Gasteiger charge is 2.10. The molecular formula is C20H20ClN3. The van der Waals surface area contributed by atoms with Gasteiger partial charge >= 0.3 is 0 Å². The first-order chi connectivity index (χ1) is 11.6. The summed E-state index contributed by atoms with van der Waals surface area (Å²) in [5, 5.41) is 0.612. The second kappa shape index (κ2) is 7.45. The first-order valence-corrected chi connectivity index (χ1v) is 8.46. The third-order valence-electron chi connectivity index (χ3n) is 4.12. The number of aromatic nitrogens is 1. The number of nitrogens with two attached hydrogens (primary N) is 1. The lowest BCUT2D eigenvalue weighted by atomic mass is 9.97. The molecule has 1 aromatic carbocycles. The maximum Gasteiger partial charge on any atom is 0.0896 e. The van der Waals surface area contributed by atoms with Crippen LogP contribution in [-0.4, -0.2) is 11.2 Å². The van der Waals surface area contributed by atoms with Crippen molar-refractivity contribution in [3.05, 3.63) is 71.0 Å². The molecule has 2 N–H and O–H groups in total. The van der Waals surface area contributed by atoms with Crippen LogP contribution < -0.4 is 5.73 Å². The Labute approximate surface area is 147 Å². The van der Waals surface area contributed by atoms with E-state index in [2.05, 4.69) is 16.6 Å². The van der Waals surface area contributed by atoms with Gasteiger partial charge in [-0.1, -0.05) is 48.5 Å². The van der Waals surface area contributed by atoms with E-state index in [4.69, 9.17) is 17.3 Å². The Morgan fingerprint density at radius 3 is 2.62 bits per heavy atom. The highest BCUT2D eigenvalue weighted by Crippen LogP contribution is 2.28. The second-order valence-electron chi connectivity index (χ2n) is 5.86. The van der Waals surface area contributed by atoms with Crippen molar-refractivity contribution in [2.75, 3.05) is 0 Å². The Morgan fingerprint density at radius 1 is 1.12 bits per heavy atom. The van der Waals surface area contributed by atoms with Crippen molar-refractivity contribution in [3.63, 3.8) is 0 Å². The van der Waals surface area contributed by atoms with E-state index >= 15 is 0 Å². The molecule has 1 heterocycles. The summed E-state index contributed by atoms with van der Waals surface area (Å²) >= 11 is 6.30. The second-order valence-corrected chi connectivity index (χ2v) is 6.26. The molecule has 0 fully saturated rings. The van der Waals surface area contributed by atoms with E-state index in [1.54, 1.807) is 0 Å². The normalized spacial score (nSPS) is 15.0. The van der Waals surface area contributed by atoms with Gasteiger partial charge in [-0.15, -0.1) is 0 Å². The van der Waals surface area contributed by atoms with Gasteiger partial charge in [-0.2, -0.15) is 0 Å². The summed E-state index contributed by atoms with van der Waals surface area (Å²) < 4.78 is 0. The van der Waals surface area contributed by atoms with Crippen LogP contribution in [0.3, 0.4) is 0 Å². The fourth-order valence-corrected chi connectivity index (χ4v) is 2.94. The topological polar surface area (TPSA) is 51.3 Å². The van der Waals surface area contributed by atoms with Crippen molar-refractivity contribution < 1.29 is 0 Å². The molecule has 3 nitrogen and oxygen atoms in total. The van der Waals surface area contributed by atoms with E-state index in [-0.39, 0.29) is 0 Å². The lowest BCUT2D eigenvalue weighted by molar-refractivity contribution is 0.684. The molecule has 0 spiro atoms. The van der Waals surface area contributed by atoms with Crippen molar-refractivity contribution in [3.8, 4) is 11.3 Å². The van der Waals surface area contributed by atoms with Gasteiger partial charge in [-0.05, 0) is 43.4 Å². The van der Waals surface area contributed by atoms with Gasteiger partial charge in [0.25, 0.3) is 0 Å². The Kier molecular flexibility index (Phi) is 5.11. The van der Waals surface area contributed by atoms with Crippen molar-refractivity contribution >= 4 is 23.5 Å². The molecule has 3 rings (SSSR count). The molecule has 0 atom stereocenters. The van der Waals surface area contributed by atoms with Crippen molar-refractivity contribution in [2.45, 2.75) is 25.7 Å². The zero-order chi connectivity index (χ0) is 16.9. The minimum atomic E-state index is 0.606. The summed E-state index contributed by atoms with van der Waals surface area (Å²) in [5.41, 5.74) is 11.1. The monoisotopic (exact) mass is 337 g/mol. The standard InChI is InChI=1S/C20H20ClN3/c1-14(23-13-16-9-5-6-10-18(16)22)19-12-11-17(21)20(24-19)15-7-3-2-4-8-15/h2-4,7-8,11-13H,1,5-6,9-10,22H2/b23-13-. The average molecular weight is 338 g/mol. The number of pyridine rings is 1. The van der Waals surface area contributed by atoms with Crippen LogP contribution in [0, 0.1) is 0 Å². The molecule has 0 radical (unpaired) electrons. The zero-order valence-electron chi connectivity index (χ0n) is 13.5. The maximum absolute atomic E-state index is 6.30. The third-order valence-corrected chi connectivity index (χ3v) is 4.42. The van der Waals surface area contributed by atoms with Crippen LogP contribution in [0.4, 0.5) is 0 Å². The number of halogens is 1. The number of hydrogen-bond acceptors (Lipinski definition) is 3. The Hall–Kier alpha value is -2.39. The molecule has 1 aromatic heterocycles. The van der Waals surface area contributed by atoms with Crippen molar-refractivity contribution in [2.24, 2.45) is 10.7 Å². The predicted molar refractivity (Wildman–Crippen MR) is 102 cm³/mol. The predicted octanol–water partition coefficient (Wildman–Crippen LogP) is 5.23. The first-order valence-electron chi connectivity index (χ1n) is 8.08. The van der Waals surface area contributed by atoms with E-state index in [1.807, 2.05) is 48.7 Å². The number of aliphatic imine (C=N–C) groups is 1. The summed E-state index contributed by atoms with van der Waals surface area (Å²) in [5.74, 6) is 0. The molecule has 0 bridgehead atoms. The summed E-state index contributed by atoms with van der Waals surface area (Å²) in [6.45, 7) is 4.03. The minimum absolute atomic E-state index is 0.606. The number of hydrogen-bond donors (Lipinski definition) is 1. The van der Waals surface area contributed by atoms with Gasteiger partial charge in [-0.25, -0.2) is 4.98 Å². The van der Waals surface area contributed by atoms with Crippen LogP contribution in [0.15, 0.2) is 65.3 Å². The number of benzene rings is 1. The number of allylic oxidation sites excluding steroid dienone is 2. The van der Waals surface area contributed by atoms with E-state index in [0.29, 0.717) is 16.4 Å². The third kappa shape index (κ3) is 3.74. The fraction of sp³-hybridized carbons (Fsp3) is 0.200. The largest absolute Gasteiger partial charge is 0.402 e. The molecule has 0 saturated carbocycles. The van der Waals surface area contributed by atoms with E-state index in [9.17, 15) is 0 Å². The molecule has 1 aliphatic carbocycles. The van der Waals surface area contributed by atoms with Gasteiger partial charge in [0.15, 0.2) is 0 Å². The van der Waals surface area contributed by atoms with Crippen molar-refractivity contribution in [1.82, 2.24) is 4.98 Å². The Bertz CT molecular complexity index is 807. The molecule has 1 aliphatic rings. The molecule has 4 heteroatoms. The zero-order valence-corrected chi connectivity index (χ0v) is 14.3.